The summed E-state index contributed by atoms with van der Waals surface area (Å²) in [7, 11) is 0. The Hall–Kier alpha value is -0.940. The third kappa shape index (κ3) is 1.85. The Morgan fingerprint density at radius 1 is 1.50 bits per heavy atom. The Labute approximate surface area is 94.6 Å². The minimum Gasteiger partial charge on any atom is -0.370 e. The summed E-state index contributed by atoms with van der Waals surface area (Å²) < 4.78 is 11.0. The van der Waals surface area contributed by atoms with Crippen molar-refractivity contribution in [3.63, 3.8) is 0 Å². The maximum absolute atomic E-state index is 5.70. The molecular formula is C11H17N3O2. The maximum Gasteiger partial charge on any atom is 0.232 e. The molecule has 2 heterocycles. The summed E-state index contributed by atoms with van der Waals surface area (Å²) in [6.07, 6.45) is 2.49. The number of ether oxygens (including phenoxy) is 1. The zero-order chi connectivity index (χ0) is 11.0. The van der Waals surface area contributed by atoms with E-state index in [1.807, 2.05) is 6.92 Å². The van der Waals surface area contributed by atoms with Gasteiger partial charge in [0.25, 0.3) is 0 Å². The van der Waals surface area contributed by atoms with E-state index in [1.165, 1.54) is 12.8 Å². The molecule has 2 fully saturated rings. The Morgan fingerprint density at radius 3 is 2.88 bits per heavy atom. The third-order valence-corrected chi connectivity index (χ3v) is 3.24. The van der Waals surface area contributed by atoms with Gasteiger partial charge >= 0.3 is 0 Å². The molecule has 3 rings (SSSR count). The van der Waals surface area contributed by atoms with Gasteiger partial charge in [-0.25, -0.2) is 0 Å². The number of aromatic nitrogens is 2. The molecule has 1 aromatic rings. The van der Waals surface area contributed by atoms with E-state index in [0.717, 1.165) is 24.8 Å². The number of rotatable bonds is 5. The molecule has 0 amide bonds. The molecular weight excluding hydrogens is 206 g/mol. The second kappa shape index (κ2) is 4.14. The average Bonchev–Trinajstić information content (AvgIpc) is 2.93. The molecule has 1 saturated heterocycles. The first-order valence-electron chi connectivity index (χ1n) is 6.04. The number of nitrogens with zero attached hydrogens (tertiary/aromatic N) is 2. The van der Waals surface area contributed by atoms with Crippen LogP contribution in [0, 0.1) is 5.92 Å². The van der Waals surface area contributed by atoms with E-state index in [0.29, 0.717) is 18.4 Å². The second-order valence-electron chi connectivity index (χ2n) is 4.56. The first-order chi connectivity index (χ1) is 7.88. The van der Waals surface area contributed by atoms with Crippen molar-refractivity contribution in [3.05, 3.63) is 11.7 Å². The normalized spacial score (nSPS) is 23.1. The summed E-state index contributed by atoms with van der Waals surface area (Å²) in [6, 6.07) is 0. The van der Waals surface area contributed by atoms with Gasteiger partial charge in [-0.05, 0) is 25.7 Å². The molecule has 0 aromatic carbocycles. The fourth-order valence-electron chi connectivity index (χ4n) is 1.99. The van der Waals surface area contributed by atoms with Crippen LogP contribution in [0.2, 0.25) is 0 Å². The predicted molar refractivity (Wildman–Crippen MR) is 57.0 cm³/mol. The number of hydrogen-bond donors (Lipinski definition) is 1. The SMILES string of the molecule is CCOC(c1noc(C2CNC2)n1)C1CC1. The van der Waals surface area contributed by atoms with Gasteiger partial charge < -0.3 is 14.6 Å². The topological polar surface area (TPSA) is 60.2 Å². The van der Waals surface area contributed by atoms with E-state index in [4.69, 9.17) is 9.26 Å². The second-order valence-corrected chi connectivity index (χ2v) is 4.56. The van der Waals surface area contributed by atoms with Crippen LogP contribution in [-0.4, -0.2) is 29.8 Å². The molecule has 0 spiro atoms. The van der Waals surface area contributed by atoms with Gasteiger partial charge in [-0.2, -0.15) is 4.98 Å². The third-order valence-electron chi connectivity index (χ3n) is 3.24. The van der Waals surface area contributed by atoms with E-state index < -0.39 is 0 Å². The van der Waals surface area contributed by atoms with Crippen molar-refractivity contribution in [2.45, 2.75) is 31.8 Å². The average molecular weight is 223 g/mol. The van der Waals surface area contributed by atoms with Crippen molar-refractivity contribution >= 4 is 0 Å². The monoisotopic (exact) mass is 223 g/mol. The van der Waals surface area contributed by atoms with Crippen LogP contribution < -0.4 is 5.32 Å². The van der Waals surface area contributed by atoms with E-state index in [9.17, 15) is 0 Å². The predicted octanol–water partition coefficient (Wildman–Crippen LogP) is 1.24. The molecule has 88 valence electrons. The zero-order valence-electron chi connectivity index (χ0n) is 9.48. The van der Waals surface area contributed by atoms with E-state index >= 15 is 0 Å². The van der Waals surface area contributed by atoms with Crippen molar-refractivity contribution in [1.82, 2.24) is 15.5 Å². The van der Waals surface area contributed by atoms with E-state index in [2.05, 4.69) is 15.5 Å². The van der Waals surface area contributed by atoms with Crippen LogP contribution in [0.3, 0.4) is 0 Å². The van der Waals surface area contributed by atoms with Crippen molar-refractivity contribution in [2.75, 3.05) is 19.7 Å². The van der Waals surface area contributed by atoms with Gasteiger partial charge in [-0.1, -0.05) is 5.16 Å². The van der Waals surface area contributed by atoms with Crippen LogP contribution in [0.4, 0.5) is 0 Å². The van der Waals surface area contributed by atoms with Gasteiger partial charge in [0, 0.05) is 19.7 Å². The van der Waals surface area contributed by atoms with E-state index in [-0.39, 0.29) is 6.10 Å². The van der Waals surface area contributed by atoms with Gasteiger partial charge in [0.05, 0.1) is 5.92 Å². The summed E-state index contributed by atoms with van der Waals surface area (Å²) >= 11 is 0. The first kappa shape index (κ1) is 10.2. The van der Waals surface area contributed by atoms with Crippen molar-refractivity contribution in [2.24, 2.45) is 5.92 Å². The summed E-state index contributed by atoms with van der Waals surface area (Å²) in [5, 5.41) is 7.26. The molecule has 1 aromatic heterocycles. The Morgan fingerprint density at radius 2 is 2.31 bits per heavy atom. The van der Waals surface area contributed by atoms with Gasteiger partial charge in [-0.3, -0.25) is 0 Å². The van der Waals surface area contributed by atoms with Gasteiger partial charge in [0.2, 0.25) is 11.7 Å². The fourth-order valence-corrected chi connectivity index (χ4v) is 1.99. The Kier molecular flexibility index (Phi) is 2.65. The van der Waals surface area contributed by atoms with Gasteiger partial charge in [-0.15, -0.1) is 0 Å². The highest BCUT2D eigenvalue weighted by Gasteiger charge is 2.37. The quantitative estimate of drug-likeness (QED) is 0.814. The molecule has 1 aliphatic heterocycles. The molecule has 16 heavy (non-hydrogen) atoms. The number of hydrogen-bond acceptors (Lipinski definition) is 5. The van der Waals surface area contributed by atoms with Gasteiger partial charge in [0.1, 0.15) is 6.10 Å². The smallest absolute Gasteiger partial charge is 0.232 e. The lowest BCUT2D eigenvalue weighted by Crippen LogP contribution is -2.40. The zero-order valence-corrected chi connectivity index (χ0v) is 9.48. The Bertz CT molecular complexity index is 358. The molecule has 0 radical (unpaired) electrons. The minimum atomic E-state index is 0.0514. The van der Waals surface area contributed by atoms with Crippen LogP contribution in [-0.2, 0) is 4.74 Å². The number of nitrogens with one attached hydrogen (secondary N) is 1. The molecule has 1 unspecified atom stereocenters. The van der Waals surface area contributed by atoms with Crippen LogP contribution in [0.5, 0.6) is 0 Å². The van der Waals surface area contributed by atoms with Crippen LogP contribution >= 0.6 is 0 Å². The van der Waals surface area contributed by atoms with E-state index in [1.54, 1.807) is 0 Å². The van der Waals surface area contributed by atoms with Crippen molar-refractivity contribution in [3.8, 4) is 0 Å². The Balaban J connectivity index is 1.73. The molecule has 1 aliphatic carbocycles. The lowest BCUT2D eigenvalue weighted by Gasteiger charge is -2.22. The van der Waals surface area contributed by atoms with Crippen LogP contribution in [0.25, 0.3) is 0 Å². The lowest BCUT2D eigenvalue weighted by molar-refractivity contribution is 0.0384. The lowest BCUT2D eigenvalue weighted by atomic mass is 10.0. The molecule has 1 atom stereocenters. The highest BCUT2D eigenvalue weighted by atomic mass is 16.5. The minimum absolute atomic E-state index is 0.0514. The molecule has 2 aliphatic rings. The van der Waals surface area contributed by atoms with Crippen molar-refractivity contribution < 1.29 is 9.26 Å². The summed E-state index contributed by atoms with van der Waals surface area (Å²) in [4.78, 5) is 4.47. The summed E-state index contributed by atoms with van der Waals surface area (Å²) in [6.45, 7) is 4.61. The molecule has 1 N–H and O–H groups in total. The fraction of sp³-hybridized carbons (Fsp3) is 0.818. The summed E-state index contributed by atoms with van der Waals surface area (Å²) in [5.41, 5.74) is 0. The summed E-state index contributed by atoms with van der Waals surface area (Å²) in [5.74, 6) is 2.51. The molecule has 0 bridgehead atoms. The highest BCUT2D eigenvalue weighted by molar-refractivity contribution is 5.04. The molecule has 5 nitrogen and oxygen atoms in total. The highest BCUT2D eigenvalue weighted by Crippen LogP contribution is 2.42. The maximum atomic E-state index is 5.70. The molecule has 5 heteroatoms. The first-order valence-corrected chi connectivity index (χ1v) is 6.04. The van der Waals surface area contributed by atoms with Crippen LogP contribution in [0.15, 0.2) is 4.52 Å². The standard InChI is InChI=1S/C11H17N3O2/c1-2-15-9(7-3-4-7)10-13-11(16-14-10)8-5-12-6-8/h7-9,12H,2-6H2,1H3. The largest absolute Gasteiger partial charge is 0.370 e. The molecule has 1 saturated carbocycles. The van der Waals surface area contributed by atoms with Gasteiger partial charge in [0.15, 0.2) is 0 Å². The van der Waals surface area contributed by atoms with Crippen LogP contribution in [0.1, 0.15) is 43.5 Å². The van der Waals surface area contributed by atoms with Crippen molar-refractivity contribution in [1.29, 1.82) is 0 Å².